The molecule has 1 aromatic heterocycles. The van der Waals surface area contributed by atoms with Gasteiger partial charge < -0.3 is 0 Å². The molecular weight excluding hydrogens is 504 g/mol. The summed E-state index contributed by atoms with van der Waals surface area (Å²) in [4.78, 5) is 12.9. The molecule has 35 heavy (non-hydrogen) atoms. The summed E-state index contributed by atoms with van der Waals surface area (Å²) in [6, 6.07) is 22.0. The summed E-state index contributed by atoms with van der Waals surface area (Å²) in [6.07, 6.45) is 2.18. The van der Waals surface area contributed by atoms with Crippen molar-refractivity contribution in [1.29, 1.82) is 0 Å². The Morgan fingerprint density at radius 1 is 1.00 bits per heavy atom. The van der Waals surface area contributed by atoms with Crippen LogP contribution >= 0.6 is 22.9 Å². The Labute approximate surface area is 212 Å². The van der Waals surface area contributed by atoms with Gasteiger partial charge in [0.15, 0.2) is 0 Å². The van der Waals surface area contributed by atoms with Crippen LogP contribution in [0.5, 0.6) is 0 Å². The maximum absolute atomic E-state index is 13.8. The first kappa shape index (κ1) is 23.5. The number of para-hydroxylation sites is 1. The molecule has 5 rings (SSSR count). The number of carbonyl (C=O) groups excluding carboxylic acids is 1. The van der Waals surface area contributed by atoms with Crippen molar-refractivity contribution < 1.29 is 13.2 Å². The van der Waals surface area contributed by atoms with Crippen molar-refractivity contribution in [1.82, 2.24) is 10.2 Å². The number of carbonyl (C=O) groups is 1. The van der Waals surface area contributed by atoms with Crippen LogP contribution in [0.2, 0.25) is 5.02 Å². The first-order valence-electron chi connectivity index (χ1n) is 11.0. The second kappa shape index (κ2) is 9.77. The number of hydrogen-bond acceptors (Lipinski definition) is 6. The van der Waals surface area contributed by atoms with E-state index in [1.54, 1.807) is 36.4 Å². The van der Waals surface area contributed by atoms with Crippen molar-refractivity contribution in [2.75, 3.05) is 9.62 Å². The Bertz CT molecular complexity index is 1470. The van der Waals surface area contributed by atoms with Crippen LogP contribution in [-0.2, 0) is 16.6 Å². The molecule has 178 valence electrons. The number of benzene rings is 3. The number of aromatic nitrogens is 2. The molecule has 7 nitrogen and oxygen atoms in total. The van der Waals surface area contributed by atoms with Crippen molar-refractivity contribution >= 4 is 49.7 Å². The molecule has 1 fully saturated rings. The number of nitrogens with zero attached hydrogens (tertiary/aromatic N) is 3. The molecule has 3 aromatic carbocycles. The molecule has 0 saturated heterocycles. The van der Waals surface area contributed by atoms with Gasteiger partial charge in [-0.1, -0.05) is 71.5 Å². The van der Waals surface area contributed by atoms with Crippen LogP contribution in [0.25, 0.3) is 0 Å². The standard InChI is InChI=1S/C25H21ClN4O3S2/c26-21-11-4-5-12-22(21)30(16-17-7-2-1-3-8-17)35(32,33)20-10-6-9-19(15-20)23(31)27-25-29-28-24(34-25)18-13-14-18/h1-12,15,18H,13-14,16H2,(H,27,29,31). The molecule has 1 N–H and O–H groups in total. The van der Waals surface area contributed by atoms with Crippen LogP contribution in [-0.4, -0.2) is 24.5 Å². The van der Waals surface area contributed by atoms with Crippen molar-refractivity contribution in [3.8, 4) is 0 Å². The van der Waals surface area contributed by atoms with Crippen LogP contribution in [0, 0.1) is 0 Å². The summed E-state index contributed by atoms with van der Waals surface area (Å²) in [5.41, 5.74) is 1.36. The third kappa shape index (κ3) is 5.22. The van der Waals surface area contributed by atoms with E-state index in [1.807, 2.05) is 30.3 Å². The van der Waals surface area contributed by atoms with Crippen LogP contribution in [0.15, 0.2) is 83.8 Å². The molecule has 0 spiro atoms. The number of nitrogens with one attached hydrogen (secondary N) is 1. The lowest BCUT2D eigenvalue weighted by Crippen LogP contribution is -2.31. The lowest BCUT2D eigenvalue weighted by molar-refractivity contribution is 0.102. The average Bonchev–Trinajstić information content (AvgIpc) is 3.62. The van der Waals surface area contributed by atoms with E-state index in [0.717, 1.165) is 23.4 Å². The summed E-state index contributed by atoms with van der Waals surface area (Å²) in [7, 11) is -4.06. The largest absolute Gasteiger partial charge is 0.296 e. The first-order chi connectivity index (χ1) is 16.9. The van der Waals surface area contributed by atoms with Gasteiger partial charge in [0.1, 0.15) is 5.01 Å². The van der Waals surface area contributed by atoms with E-state index >= 15 is 0 Å². The number of rotatable bonds is 8. The quantitative estimate of drug-likeness (QED) is 0.318. The number of halogens is 1. The Hall–Kier alpha value is -3.27. The summed E-state index contributed by atoms with van der Waals surface area (Å²) >= 11 is 7.74. The van der Waals surface area contributed by atoms with Crippen molar-refractivity contribution in [2.24, 2.45) is 0 Å². The van der Waals surface area contributed by atoms with E-state index in [-0.39, 0.29) is 17.0 Å². The third-order valence-electron chi connectivity index (χ3n) is 5.56. The highest BCUT2D eigenvalue weighted by Crippen LogP contribution is 2.42. The van der Waals surface area contributed by atoms with Gasteiger partial charge in [-0.3, -0.25) is 14.4 Å². The molecule has 1 aliphatic rings. The average molecular weight is 525 g/mol. The van der Waals surface area contributed by atoms with Crippen molar-refractivity contribution in [2.45, 2.75) is 30.2 Å². The second-order valence-electron chi connectivity index (χ2n) is 8.15. The van der Waals surface area contributed by atoms with Crippen LogP contribution in [0.3, 0.4) is 0 Å². The van der Waals surface area contributed by atoms with Crippen LogP contribution in [0.1, 0.15) is 39.7 Å². The van der Waals surface area contributed by atoms with E-state index in [4.69, 9.17) is 11.6 Å². The lowest BCUT2D eigenvalue weighted by atomic mass is 10.2. The predicted octanol–water partition coefficient (Wildman–Crippen LogP) is 5.72. The number of sulfonamides is 1. The molecular formula is C25H21ClN4O3S2. The Kier molecular flexibility index (Phi) is 6.55. The highest BCUT2D eigenvalue weighted by molar-refractivity contribution is 7.92. The fourth-order valence-corrected chi connectivity index (χ4v) is 6.29. The molecule has 10 heteroatoms. The van der Waals surface area contributed by atoms with Gasteiger partial charge in [0.2, 0.25) is 5.13 Å². The second-order valence-corrected chi connectivity index (χ2v) is 11.4. The summed E-state index contributed by atoms with van der Waals surface area (Å²) < 4.78 is 28.9. The maximum atomic E-state index is 13.8. The van der Waals surface area contributed by atoms with Crippen molar-refractivity contribution in [3.63, 3.8) is 0 Å². The Morgan fingerprint density at radius 2 is 1.74 bits per heavy atom. The molecule has 1 aliphatic carbocycles. The summed E-state index contributed by atoms with van der Waals surface area (Å²) in [6.45, 7) is 0.0814. The van der Waals surface area contributed by atoms with Gasteiger partial charge in [-0.05, 0) is 48.7 Å². The molecule has 1 saturated carbocycles. The molecule has 0 aliphatic heterocycles. The van der Waals surface area contributed by atoms with Gasteiger partial charge in [-0.25, -0.2) is 8.42 Å². The molecule has 0 radical (unpaired) electrons. The number of hydrogen-bond donors (Lipinski definition) is 1. The Balaban J connectivity index is 1.45. The van der Waals surface area contributed by atoms with Crippen LogP contribution < -0.4 is 9.62 Å². The van der Waals surface area contributed by atoms with E-state index in [0.29, 0.717) is 21.8 Å². The molecule has 0 bridgehead atoms. The third-order valence-corrected chi connectivity index (χ3v) is 8.64. The van der Waals surface area contributed by atoms with Gasteiger partial charge in [0, 0.05) is 11.5 Å². The monoisotopic (exact) mass is 524 g/mol. The van der Waals surface area contributed by atoms with E-state index in [9.17, 15) is 13.2 Å². The van der Waals surface area contributed by atoms with E-state index in [2.05, 4.69) is 15.5 Å². The lowest BCUT2D eigenvalue weighted by Gasteiger charge is -2.25. The van der Waals surface area contributed by atoms with Gasteiger partial charge in [0.05, 0.1) is 22.2 Å². The van der Waals surface area contributed by atoms with Gasteiger partial charge in [-0.15, -0.1) is 10.2 Å². The highest BCUT2D eigenvalue weighted by Gasteiger charge is 2.29. The van der Waals surface area contributed by atoms with Crippen LogP contribution in [0.4, 0.5) is 10.8 Å². The van der Waals surface area contributed by atoms with Gasteiger partial charge >= 0.3 is 0 Å². The molecule has 4 aromatic rings. The minimum atomic E-state index is -4.06. The topological polar surface area (TPSA) is 92.3 Å². The molecule has 0 atom stereocenters. The number of anilines is 2. The van der Waals surface area contributed by atoms with Gasteiger partial charge in [-0.2, -0.15) is 0 Å². The number of amides is 1. The molecule has 1 heterocycles. The fourth-order valence-electron chi connectivity index (χ4n) is 3.58. The minimum Gasteiger partial charge on any atom is -0.296 e. The molecule has 0 unspecified atom stereocenters. The zero-order valence-corrected chi connectivity index (χ0v) is 20.9. The maximum Gasteiger partial charge on any atom is 0.264 e. The van der Waals surface area contributed by atoms with Crippen molar-refractivity contribution in [3.05, 3.63) is 100 Å². The van der Waals surface area contributed by atoms with E-state index in [1.165, 1.54) is 27.8 Å². The Morgan fingerprint density at radius 3 is 2.49 bits per heavy atom. The normalized spacial score (nSPS) is 13.4. The summed E-state index contributed by atoms with van der Waals surface area (Å²) in [5.74, 6) is -0.0140. The molecule has 1 amide bonds. The minimum absolute atomic E-state index is 0.0167. The smallest absolute Gasteiger partial charge is 0.264 e. The van der Waals surface area contributed by atoms with E-state index < -0.39 is 15.9 Å². The zero-order valence-electron chi connectivity index (χ0n) is 18.5. The SMILES string of the molecule is O=C(Nc1nnc(C2CC2)s1)c1cccc(S(=O)(=O)N(Cc2ccccc2)c2ccccc2Cl)c1. The summed E-state index contributed by atoms with van der Waals surface area (Å²) in [5, 5.41) is 12.5. The fraction of sp³-hybridized carbons (Fsp3) is 0.160. The predicted molar refractivity (Wildman–Crippen MR) is 138 cm³/mol. The zero-order chi connectivity index (χ0) is 24.4. The highest BCUT2D eigenvalue weighted by atomic mass is 35.5. The first-order valence-corrected chi connectivity index (χ1v) is 13.6. The van der Waals surface area contributed by atoms with Gasteiger partial charge in [0.25, 0.3) is 15.9 Å².